The van der Waals surface area contributed by atoms with E-state index in [2.05, 4.69) is 41.6 Å². The Bertz CT molecular complexity index is 708. The monoisotopic (exact) mass is 347 g/mol. The standard InChI is InChI=1S/C17H25N5OS/c1-12(2)14(15-21-20-13-7-4-5-9-22(13)15)19-16(23)18-11-17(3)8-6-10-24-17/h4-5,7,9,12,14H,6,8,10-11H2,1-3H3,(H2,18,19,23)/t14-,17+/m0/s1. The molecule has 1 fully saturated rings. The molecule has 2 atom stereocenters. The van der Waals surface area contributed by atoms with E-state index in [4.69, 9.17) is 0 Å². The number of hydrogen-bond acceptors (Lipinski definition) is 4. The summed E-state index contributed by atoms with van der Waals surface area (Å²) in [5, 5.41) is 14.6. The molecule has 0 aliphatic carbocycles. The third-order valence-corrected chi connectivity index (χ3v) is 6.03. The maximum absolute atomic E-state index is 12.4. The highest BCUT2D eigenvalue weighted by molar-refractivity contribution is 8.00. The molecule has 6 nitrogen and oxygen atoms in total. The highest BCUT2D eigenvalue weighted by Gasteiger charge is 2.30. The normalized spacial score (nSPS) is 22.0. The van der Waals surface area contributed by atoms with Gasteiger partial charge in [-0.15, -0.1) is 10.2 Å². The van der Waals surface area contributed by atoms with E-state index in [0.29, 0.717) is 6.54 Å². The summed E-state index contributed by atoms with van der Waals surface area (Å²) in [5.41, 5.74) is 0.787. The Labute approximate surface area is 146 Å². The van der Waals surface area contributed by atoms with Gasteiger partial charge in [-0.05, 0) is 43.6 Å². The number of thioether (sulfide) groups is 1. The van der Waals surface area contributed by atoms with Crippen LogP contribution in [0.4, 0.5) is 4.79 Å². The zero-order chi connectivity index (χ0) is 17.2. The van der Waals surface area contributed by atoms with Gasteiger partial charge >= 0.3 is 6.03 Å². The maximum atomic E-state index is 12.4. The average Bonchev–Trinajstić information content (AvgIpc) is 3.17. The summed E-state index contributed by atoms with van der Waals surface area (Å²) in [4.78, 5) is 12.4. The first-order valence-corrected chi connectivity index (χ1v) is 9.45. The number of pyridine rings is 1. The smallest absolute Gasteiger partial charge is 0.315 e. The molecule has 2 aromatic heterocycles. The van der Waals surface area contributed by atoms with Crippen LogP contribution >= 0.6 is 11.8 Å². The van der Waals surface area contributed by atoms with Gasteiger partial charge in [-0.3, -0.25) is 4.40 Å². The summed E-state index contributed by atoms with van der Waals surface area (Å²) in [6.07, 6.45) is 4.31. The predicted octanol–water partition coefficient (Wildman–Crippen LogP) is 3.01. The highest BCUT2D eigenvalue weighted by atomic mass is 32.2. The first-order chi connectivity index (χ1) is 11.5. The first-order valence-electron chi connectivity index (χ1n) is 8.46. The number of fused-ring (bicyclic) bond motifs is 1. The van der Waals surface area contributed by atoms with Crippen LogP contribution in [-0.4, -0.2) is 37.7 Å². The first kappa shape index (κ1) is 17.1. The van der Waals surface area contributed by atoms with Crippen LogP contribution in [0.25, 0.3) is 5.65 Å². The van der Waals surface area contributed by atoms with Crippen LogP contribution in [0.1, 0.15) is 45.5 Å². The minimum atomic E-state index is -0.188. The van der Waals surface area contributed by atoms with Crippen molar-refractivity contribution >= 4 is 23.4 Å². The fourth-order valence-electron chi connectivity index (χ4n) is 3.04. The molecule has 2 N–H and O–H groups in total. The lowest BCUT2D eigenvalue weighted by molar-refractivity contribution is 0.231. The molecule has 0 radical (unpaired) electrons. The molecule has 2 aromatic rings. The molecule has 0 saturated carbocycles. The maximum Gasteiger partial charge on any atom is 0.315 e. The van der Waals surface area contributed by atoms with Gasteiger partial charge in [0.2, 0.25) is 0 Å². The van der Waals surface area contributed by atoms with E-state index in [-0.39, 0.29) is 22.7 Å². The van der Waals surface area contributed by atoms with Crippen molar-refractivity contribution < 1.29 is 4.79 Å². The Hall–Kier alpha value is -1.76. The third-order valence-electron chi connectivity index (χ3n) is 4.49. The van der Waals surface area contributed by atoms with E-state index in [1.165, 1.54) is 12.2 Å². The van der Waals surface area contributed by atoms with Crippen molar-refractivity contribution in [3.05, 3.63) is 30.2 Å². The number of nitrogens with zero attached hydrogens (tertiary/aromatic N) is 3. The molecule has 2 amide bonds. The largest absolute Gasteiger partial charge is 0.337 e. The van der Waals surface area contributed by atoms with E-state index < -0.39 is 0 Å². The molecular weight excluding hydrogens is 322 g/mol. The van der Waals surface area contributed by atoms with Gasteiger partial charge < -0.3 is 10.6 Å². The second-order valence-electron chi connectivity index (χ2n) is 6.94. The van der Waals surface area contributed by atoms with Gasteiger partial charge in [0, 0.05) is 17.5 Å². The minimum Gasteiger partial charge on any atom is -0.337 e. The van der Waals surface area contributed by atoms with Gasteiger partial charge in [0.15, 0.2) is 11.5 Å². The van der Waals surface area contributed by atoms with Crippen LogP contribution in [0.3, 0.4) is 0 Å². The molecule has 0 spiro atoms. The van der Waals surface area contributed by atoms with Crippen molar-refractivity contribution in [2.75, 3.05) is 12.3 Å². The van der Waals surface area contributed by atoms with Crippen molar-refractivity contribution in [3.8, 4) is 0 Å². The molecule has 0 unspecified atom stereocenters. The molecule has 3 rings (SSSR count). The third kappa shape index (κ3) is 3.66. The number of hydrogen-bond donors (Lipinski definition) is 2. The number of amides is 2. The van der Waals surface area contributed by atoms with Crippen LogP contribution in [-0.2, 0) is 0 Å². The van der Waals surface area contributed by atoms with Crippen LogP contribution in [0.2, 0.25) is 0 Å². The van der Waals surface area contributed by atoms with Crippen LogP contribution < -0.4 is 10.6 Å². The Kier molecular flexibility index (Phi) is 4.99. The molecular formula is C17H25N5OS. The molecule has 3 heterocycles. The van der Waals surface area contributed by atoms with Crippen molar-refractivity contribution in [1.82, 2.24) is 25.2 Å². The zero-order valence-corrected chi connectivity index (χ0v) is 15.3. The Morgan fingerprint density at radius 1 is 1.42 bits per heavy atom. The van der Waals surface area contributed by atoms with Gasteiger partial charge in [-0.1, -0.05) is 19.9 Å². The number of carbonyl (C=O) groups excluding carboxylic acids is 1. The van der Waals surface area contributed by atoms with E-state index in [9.17, 15) is 4.79 Å². The number of rotatable bonds is 5. The van der Waals surface area contributed by atoms with Gasteiger partial charge in [-0.2, -0.15) is 11.8 Å². The molecule has 1 aliphatic rings. The van der Waals surface area contributed by atoms with Gasteiger partial charge in [0.25, 0.3) is 0 Å². The Morgan fingerprint density at radius 2 is 2.25 bits per heavy atom. The molecule has 0 aromatic carbocycles. The fraction of sp³-hybridized carbons (Fsp3) is 0.588. The zero-order valence-electron chi connectivity index (χ0n) is 14.5. The highest BCUT2D eigenvalue weighted by Crippen LogP contribution is 2.36. The fourth-order valence-corrected chi connectivity index (χ4v) is 4.28. The number of urea groups is 1. The van der Waals surface area contributed by atoms with Crippen molar-refractivity contribution in [1.29, 1.82) is 0 Å². The average molecular weight is 347 g/mol. The summed E-state index contributed by atoms with van der Waals surface area (Å²) in [6.45, 7) is 7.05. The minimum absolute atomic E-state index is 0.143. The number of nitrogens with one attached hydrogen (secondary N) is 2. The number of aromatic nitrogens is 3. The van der Waals surface area contributed by atoms with E-state index in [1.807, 2.05) is 40.6 Å². The molecule has 1 saturated heterocycles. The van der Waals surface area contributed by atoms with Gasteiger partial charge in [0.1, 0.15) is 0 Å². The second-order valence-corrected chi connectivity index (χ2v) is 8.62. The van der Waals surface area contributed by atoms with Crippen molar-refractivity contribution in [2.24, 2.45) is 5.92 Å². The van der Waals surface area contributed by atoms with Gasteiger partial charge in [-0.25, -0.2) is 4.79 Å². The summed E-state index contributed by atoms with van der Waals surface area (Å²) in [5.74, 6) is 2.15. The SMILES string of the molecule is CC(C)[C@H](NC(=O)NC[C@@]1(C)CCCS1)c1nnc2ccccn12. The van der Waals surface area contributed by atoms with Crippen molar-refractivity contribution in [2.45, 2.75) is 44.4 Å². The van der Waals surface area contributed by atoms with Crippen LogP contribution in [0.5, 0.6) is 0 Å². The topological polar surface area (TPSA) is 71.3 Å². The number of carbonyl (C=O) groups is 1. The van der Waals surface area contributed by atoms with Gasteiger partial charge in [0.05, 0.1) is 6.04 Å². The van der Waals surface area contributed by atoms with E-state index in [0.717, 1.165) is 17.9 Å². The molecule has 1 aliphatic heterocycles. The van der Waals surface area contributed by atoms with Crippen molar-refractivity contribution in [3.63, 3.8) is 0 Å². The predicted molar refractivity (Wildman–Crippen MR) is 97.2 cm³/mol. The summed E-state index contributed by atoms with van der Waals surface area (Å²) < 4.78 is 2.09. The second kappa shape index (κ2) is 7.01. The van der Waals surface area contributed by atoms with Crippen LogP contribution in [0, 0.1) is 5.92 Å². The summed E-state index contributed by atoms with van der Waals surface area (Å²) in [7, 11) is 0. The molecule has 7 heteroatoms. The van der Waals surface area contributed by atoms with E-state index in [1.54, 1.807) is 0 Å². The lowest BCUT2D eigenvalue weighted by Crippen LogP contribution is -2.45. The molecule has 24 heavy (non-hydrogen) atoms. The quantitative estimate of drug-likeness (QED) is 0.872. The summed E-state index contributed by atoms with van der Waals surface area (Å²) in [6, 6.07) is 5.45. The summed E-state index contributed by atoms with van der Waals surface area (Å²) >= 11 is 1.94. The van der Waals surface area contributed by atoms with Crippen LogP contribution in [0.15, 0.2) is 24.4 Å². The molecule has 0 bridgehead atoms. The Balaban J connectivity index is 1.69. The lowest BCUT2D eigenvalue weighted by Gasteiger charge is -2.25. The van der Waals surface area contributed by atoms with E-state index >= 15 is 0 Å². The Morgan fingerprint density at radius 3 is 2.96 bits per heavy atom. The molecule has 130 valence electrons. The lowest BCUT2D eigenvalue weighted by atomic mass is 10.0.